The van der Waals surface area contributed by atoms with Crippen LogP contribution in [0, 0.1) is 0 Å². The number of hydrogen-bond acceptors (Lipinski definition) is 4. The van der Waals surface area contributed by atoms with E-state index in [1.165, 1.54) is 0 Å². The number of nitrogens with zero attached hydrogens (tertiary/aromatic N) is 3. The van der Waals surface area contributed by atoms with E-state index in [0.717, 1.165) is 28.3 Å². The third-order valence-electron chi connectivity index (χ3n) is 6.04. The fourth-order valence-corrected chi connectivity index (χ4v) is 4.66. The van der Waals surface area contributed by atoms with E-state index in [1.807, 2.05) is 78.6 Å². The van der Waals surface area contributed by atoms with Gasteiger partial charge in [-0.1, -0.05) is 35.9 Å². The predicted octanol–water partition coefficient (Wildman–Crippen LogP) is 5.69. The molecule has 1 saturated heterocycles. The van der Waals surface area contributed by atoms with Crippen molar-refractivity contribution >= 4 is 34.2 Å². The van der Waals surface area contributed by atoms with Gasteiger partial charge < -0.3 is 18.9 Å². The zero-order valence-electron chi connectivity index (χ0n) is 19.0. The molecule has 0 N–H and O–H groups in total. The molecule has 0 unspecified atom stereocenters. The maximum atomic E-state index is 13.0. The smallest absolute Gasteiger partial charge is 0.227 e. The number of rotatable bonds is 8. The van der Waals surface area contributed by atoms with E-state index in [1.54, 1.807) is 0 Å². The van der Waals surface area contributed by atoms with Crippen LogP contribution in [-0.4, -0.2) is 35.2 Å². The van der Waals surface area contributed by atoms with E-state index >= 15 is 0 Å². The molecule has 34 heavy (non-hydrogen) atoms. The molecular formula is C27H26ClN3O3. The molecule has 0 aliphatic carbocycles. The lowest BCUT2D eigenvalue weighted by Gasteiger charge is -2.18. The molecule has 5 rings (SSSR count). The van der Waals surface area contributed by atoms with Crippen molar-refractivity contribution in [2.75, 3.05) is 24.7 Å². The molecule has 0 spiro atoms. The van der Waals surface area contributed by atoms with Gasteiger partial charge in [-0.25, -0.2) is 4.98 Å². The fourth-order valence-electron chi connectivity index (χ4n) is 4.47. The first-order chi connectivity index (χ1) is 16.6. The molecule has 1 amide bonds. The maximum absolute atomic E-state index is 13.0. The Hall–Kier alpha value is -3.51. The quantitative estimate of drug-likeness (QED) is 0.328. The van der Waals surface area contributed by atoms with Gasteiger partial charge in [-0.3, -0.25) is 4.79 Å². The topological polar surface area (TPSA) is 56.6 Å². The molecule has 3 aromatic carbocycles. The highest BCUT2D eigenvalue weighted by molar-refractivity contribution is 6.32. The van der Waals surface area contributed by atoms with Crippen molar-refractivity contribution in [3.8, 4) is 11.5 Å². The second-order valence-electron chi connectivity index (χ2n) is 8.22. The van der Waals surface area contributed by atoms with Crippen LogP contribution in [0.2, 0.25) is 5.02 Å². The molecule has 4 aromatic rings. The highest BCUT2D eigenvalue weighted by atomic mass is 35.5. The summed E-state index contributed by atoms with van der Waals surface area (Å²) in [6.45, 7) is 4.20. The minimum absolute atomic E-state index is 0.00761. The number of halogens is 1. The Kier molecular flexibility index (Phi) is 6.41. The van der Waals surface area contributed by atoms with Crippen LogP contribution >= 0.6 is 11.6 Å². The van der Waals surface area contributed by atoms with Gasteiger partial charge in [0.05, 0.1) is 29.2 Å². The lowest BCUT2D eigenvalue weighted by Crippen LogP contribution is -2.24. The largest absolute Gasteiger partial charge is 0.494 e. The molecule has 1 aromatic heterocycles. The average Bonchev–Trinajstić information content (AvgIpc) is 3.42. The standard InChI is InChI=1S/C27H26ClN3O3/c1-2-33-21-13-11-20(12-14-21)31-18-19(17-26(31)32)27-29-23-8-4-5-9-24(23)30(27)15-16-34-25-10-6-3-7-22(25)28/h3-14,19H,2,15-18H2,1H3/t19-/m0/s1. The number of carbonyl (C=O) groups excluding carboxylic acids is 1. The van der Waals surface area contributed by atoms with E-state index in [0.29, 0.717) is 43.5 Å². The second-order valence-corrected chi connectivity index (χ2v) is 8.63. The summed E-state index contributed by atoms with van der Waals surface area (Å²) in [7, 11) is 0. The molecule has 1 fully saturated rings. The van der Waals surface area contributed by atoms with Gasteiger partial charge >= 0.3 is 0 Å². The van der Waals surface area contributed by atoms with Crippen molar-refractivity contribution in [2.45, 2.75) is 25.8 Å². The predicted molar refractivity (Wildman–Crippen MR) is 134 cm³/mol. The molecule has 0 bridgehead atoms. The maximum Gasteiger partial charge on any atom is 0.227 e. The van der Waals surface area contributed by atoms with E-state index in [9.17, 15) is 4.79 Å². The Morgan fingerprint density at radius 2 is 1.76 bits per heavy atom. The third-order valence-corrected chi connectivity index (χ3v) is 6.36. The SMILES string of the molecule is CCOc1ccc(N2C[C@@H](c3nc4ccccc4n3CCOc3ccccc3Cl)CC2=O)cc1. The van der Waals surface area contributed by atoms with Gasteiger partial charge in [0.25, 0.3) is 0 Å². The number of benzene rings is 3. The number of para-hydroxylation sites is 3. The summed E-state index contributed by atoms with van der Waals surface area (Å²) in [6, 6.07) is 23.2. The molecule has 6 nitrogen and oxygen atoms in total. The van der Waals surface area contributed by atoms with Crippen LogP contribution in [0.1, 0.15) is 25.1 Å². The van der Waals surface area contributed by atoms with Crippen molar-refractivity contribution in [3.63, 3.8) is 0 Å². The van der Waals surface area contributed by atoms with Crippen molar-refractivity contribution in [1.29, 1.82) is 0 Å². The van der Waals surface area contributed by atoms with Crippen molar-refractivity contribution in [1.82, 2.24) is 9.55 Å². The highest BCUT2D eigenvalue weighted by Crippen LogP contribution is 2.34. The second kappa shape index (κ2) is 9.77. The number of anilines is 1. The Morgan fingerprint density at radius 1 is 1.00 bits per heavy atom. The van der Waals surface area contributed by atoms with E-state index in [4.69, 9.17) is 26.1 Å². The Morgan fingerprint density at radius 3 is 2.56 bits per heavy atom. The first-order valence-corrected chi connectivity index (χ1v) is 11.9. The van der Waals surface area contributed by atoms with Crippen molar-refractivity contribution in [2.24, 2.45) is 0 Å². The van der Waals surface area contributed by atoms with Gasteiger partial charge in [-0.2, -0.15) is 0 Å². The lowest BCUT2D eigenvalue weighted by molar-refractivity contribution is -0.117. The summed E-state index contributed by atoms with van der Waals surface area (Å²) in [4.78, 5) is 19.7. The first kappa shape index (κ1) is 22.3. The fraction of sp³-hybridized carbons (Fsp3) is 0.259. The van der Waals surface area contributed by atoms with Crippen LogP contribution in [0.25, 0.3) is 11.0 Å². The van der Waals surface area contributed by atoms with Gasteiger partial charge in [-0.05, 0) is 55.5 Å². The molecular weight excluding hydrogens is 450 g/mol. The molecule has 2 heterocycles. The normalized spacial score (nSPS) is 15.8. The van der Waals surface area contributed by atoms with Crippen molar-refractivity contribution in [3.05, 3.63) is 83.6 Å². The molecule has 0 saturated carbocycles. The summed E-state index contributed by atoms with van der Waals surface area (Å²) in [5.74, 6) is 2.46. The zero-order valence-corrected chi connectivity index (χ0v) is 19.7. The number of ether oxygens (including phenoxy) is 2. The van der Waals surface area contributed by atoms with Gasteiger partial charge in [-0.15, -0.1) is 0 Å². The lowest BCUT2D eigenvalue weighted by atomic mass is 10.1. The summed E-state index contributed by atoms with van der Waals surface area (Å²) in [6.07, 6.45) is 0.419. The summed E-state index contributed by atoms with van der Waals surface area (Å²) >= 11 is 6.24. The molecule has 1 atom stereocenters. The molecule has 7 heteroatoms. The van der Waals surface area contributed by atoms with Crippen LogP contribution in [0.4, 0.5) is 5.69 Å². The number of fused-ring (bicyclic) bond motifs is 1. The monoisotopic (exact) mass is 475 g/mol. The Bertz CT molecular complexity index is 1300. The summed E-state index contributed by atoms with van der Waals surface area (Å²) < 4.78 is 13.7. The minimum Gasteiger partial charge on any atom is -0.494 e. The van der Waals surface area contributed by atoms with Crippen LogP contribution in [0.3, 0.4) is 0 Å². The minimum atomic E-state index is -0.00761. The number of imidazole rings is 1. The van der Waals surface area contributed by atoms with Crippen molar-refractivity contribution < 1.29 is 14.3 Å². The Balaban J connectivity index is 1.37. The van der Waals surface area contributed by atoms with Crippen LogP contribution in [0.5, 0.6) is 11.5 Å². The first-order valence-electron chi connectivity index (χ1n) is 11.5. The average molecular weight is 476 g/mol. The molecule has 174 valence electrons. The molecule has 1 aliphatic heterocycles. The highest BCUT2D eigenvalue weighted by Gasteiger charge is 2.34. The number of amides is 1. The third kappa shape index (κ3) is 4.46. The zero-order chi connectivity index (χ0) is 23.5. The van der Waals surface area contributed by atoms with Crippen LogP contribution < -0.4 is 14.4 Å². The van der Waals surface area contributed by atoms with E-state index in [-0.39, 0.29) is 11.8 Å². The summed E-state index contributed by atoms with van der Waals surface area (Å²) in [5.41, 5.74) is 2.83. The van der Waals surface area contributed by atoms with E-state index in [2.05, 4.69) is 10.6 Å². The molecule has 1 aliphatic rings. The number of aromatic nitrogens is 2. The number of hydrogen-bond donors (Lipinski definition) is 0. The van der Waals surface area contributed by atoms with Crippen LogP contribution in [0.15, 0.2) is 72.8 Å². The number of carbonyl (C=O) groups is 1. The van der Waals surface area contributed by atoms with Gasteiger partial charge in [0, 0.05) is 24.6 Å². The summed E-state index contributed by atoms with van der Waals surface area (Å²) in [5, 5.41) is 0.589. The molecule has 0 radical (unpaired) electrons. The Labute approximate surface area is 203 Å². The van der Waals surface area contributed by atoms with Gasteiger partial charge in [0.15, 0.2) is 0 Å². The van der Waals surface area contributed by atoms with Gasteiger partial charge in [0.1, 0.15) is 23.9 Å². The van der Waals surface area contributed by atoms with Crippen LogP contribution in [-0.2, 0) is 11.3 Å². The van der Waals surface area contributed by atoms with Gasteiger partial charge in [0.2, 0.25) is 5.91 Å². The van der Waals surface area contributed by atoms with E-state index < -0.39 is 0 Å².